The summed E-state index contributed by atoms with van der Waals surface area (Å²) in [5.41, 5.74) is 0.0388. The number of aromatic nitrogens is 2. The standard InChI is InChI=1S/C12H18N4O2/c1-15(2)9-4-3-7-16(8-9)11-10(12(17)18)13-5-6-14-11/h5-6,9H,3-4,7-8H2,1-2H3,(H,17,18). The van der Waals surface area contributed by atoms with Gasteiger partial charge in [-0.1, -0.05) is 0 Å². The number of anilines is 1. The van der Waals surface area contributed by atoms with Crippen LogP contribution in [0.2, 0.25) is 0 Å². The van der Waals surface area contributed by atoms with E-state index in [1.165, 1.54) is 6.20 Å². The highest BCUT2D eigenvalue weighted by molar-refractivity contribution is 5.90. The lowest BCUT2D eigenvalue weighted by molar-refractivity contribution is 0.0690. The second-order valence-electron chi connectivity index (χ2n) is 4.74. The van der Waals surface area contributed by atoms with E-state index in [4.69, 9.17) is 5.11 Å². The number of hydrogen-bond acceptors (Lipinski definition) is 5. The van der Waals surface area contributed by atoms with E-state index in [2.05, 4.69) is 14.9 Å². The van der Waals surface area contributed by atoms with E-state index in [0.717, 1.165) is 25.9 Å². The Morgan fingerprint density at radius 2 is 2.17 bits per heavy atom. The Labute approximate surface area is 106 Å². The van der Waals surface area contributed by atoms with E-state index >= 15 is 0 Å². The van der Waals surface area contributed by atoms with Gasteiger partial charge in [0.2, 0.25) is 0 Å². The molecule has 1 aliphatic rings. The monoisotopic (exact) mass is 250 g/mol. The molecule has 2 rings (SSSR count). The van der Waals surface area contributed by atoms with Gasteiger partial charge in [0.05, 0.1) is 0 Å². The highest BCUT2D eigenvalue weighted by Crippen LogP contribution is 2.21. The summed E-state index contributed by atoms with van der Waals surface area (Å²) in [6.45, 7) is 1.63. The Bertz CT molecular complexity index is 436. The summed E-state index contributed by atoms with van der Waals surface area (Å²) in [6, 6.07) is 0.433. The van der Waals surface area contributed by atoms with Crippen molar-refractivity contribution in [1.29, 1.82) is 0 Å². The summed E-state index contributed by atoms with van der Waals surface area (Å²) in [6.07, 6.45) is 5.13. The first-order chi connectivity index (χ1) is 8.59. The summed E-state index contributed by atoms with van der Waals surface area (Å²) in [5.74, 6) is -0.540. The Morgan fingerprint density at radius 1 is 1.44 bits per heavy atom. The zero-order chi connectivity index (χ0) is 13.1. The zero-order valence-electron chi connectivity index (χ0n) is 10.7. The first-order valence-corrected chi connectivity index (χ1v) is 6.05. The topological polar surface area (TPSA) is 69.6 Å². The minimum absolute atomic E-state index is 0.0388. The molecule has 6 nitrogen and oxygen atoms in total. The number of hydrogen-bond donors (Lipinski definition) is 1. The molecule has 1 aromatic heterocycles. The minimum atomic E-state index is -1.02. The average Bonchev–Trinajstić information content (AvgIpc) is 2.39. The largest absolute Gasteiger partial charge is 0.476 e. The van der Waals surface area contributed by atoms with Crippen molar-refractivity contribution in [3.63, 3.8) is 0 Å². The van der Waals surface area contributed by atoms with Crippen LogP contribution in [-0.4, -0.2) is 59.2 Å². The molecule has 0 saturated carbocycles. The lowest BCUT2D eigenvalue weighted by atomic mass is 10.0. The third kappa shape index (κ3) is 2.59. The van der Waals surface area contributed by atoms with Crippen molar-refractivity contribution in [3.05, 3.63) is 18.1 Å². The predicted molar refractivity (Wildman–Crippen MR) is 67.9 cm³/mol. The fourth-order valence-electron chi connectivity index (χ4n) is 2.28. The van der Waals surface area contributed by atoms with Crippen LogP contribution < -0.4 is 4.90 Å². The van der Waals surface area contributed by atoms with E-state index in [1.807, 2.05) is 19.0 Å². The van der Waals surface area contributed by atoms with Crippen LogP contribution in [0, 0.1) is 0 Å². The maximum atomic E-state index is 11.1. The van der Waals surface area contributed by atoms with Gasteiger partial charge in [-0.3, -0.25) is 0 Å². The van der Waals surface area contributed by atoms with Crippen LogP contribution in [0.5, 0.6) is 0 Å². The molecule has 2 heterocycles. The molecule has 98 valence electrons. The molecular formula is C12H18N4O2. The average molecular weight is 250 g/mol. The third-order valence-electron chi connectivity index (χ3n) is 3.31. The molecule has 1 N–H and O–H groups in total. The first-order valence-electron chi connectivity index (χ1n) is 6.05. The highest BCUT2D eigenvalue weighted by Gasteiger charge is 2.26. The molecule has 1 aromatic rings. The second kappa shape index (κ2) is 5.30. The van der Waals surface area contributed by atoms with Crippen molar-refractivity contribution in [3.8, 4) is 0 Å². The van der Waals surface area contributed by atoms with Gasteiger partial charge in [0, 0.05) is 31.5 Å². The van der Waals surface area contributed by atoms with Crippen LogP contribution in [0.4, 0.5) is 5.82 Å². The highest BCUT2D eigenvalue weighted by atomic mass is 16.4. The predicted octanol–water partition coefficient (Wildman–Crippen LogP) is 0.705. The molecule has 0 amide bonds. The van der Waals surface area contributed by atoms with Crippen LogP contribution in [0.1, 0.15) is 23.3 Å². The Balaban J connectivity index is 2.23. The van der Waals surface area contributed by atoms with Crippen LogP contribution in [-0.2, 0) is 0 Å². The van der Waals surface area contributed by atoms with Gasteiger partial charge in [-0.2, -0.15) is 0 Å². The van der Waals surface area contributed by atoms with Crippen molar-refractivity contribution in [2.45, 2.75) is 18.9 Å². The van der Waals surface area contributed by atoms with Gasteiger partial charge in [-0.25, -0.2) is 14.8 Å². The molecule has 1 aliphatic heterocycles. The summed E-state index contributed by atoms with van der Waals surface area (Å²) in [4.78, 5) is 23.4. The Kier molecular flexibility index (Phi) is 3.76. The number of carboxylic acids is 1. The number of aromatic carboxylic acids is 1. The molecule has 0 aliphatic carbocycles. The first kappa shape index (κ1) is 12.8. The van der Waals surface area contributed by atoms with Crippen LogP contribution in [0.15, 0.2) is 12.4 Å². The van der Waals surface area contributed by atoms with Crippen LogP contribution in [0.25, 0.3) is 0 Å². The summed E-state index contributed by atoms with van der Waals surface area (Å²) in [5, 5.41) is 9.13. The number of carbonyl (C=O) groups is 1. The molecule has 0 spiro atoms. The van der Waals surface area contributed by atoms with Gasteiger partial charge in [0.15, 0.2) is 11.5 Å². The molecule has 18 heavy (non-hydrogen) atoms. The number of carboxylic acid groups (broad SMARTS) is 1. The summed E-state index contributed by atoms with van der Waals surface area (Å²) < 4.78 is 0. The molecular weight excluding hydrogens is 232 g/mol. The number of nitrogens with zero attached hydrogens (tertiary/aromatic N) is 4. The van der Waals surface area contributed by atoms with Crippen molar-refractivity contribution in [2.75, 3.05) is 32.1 Å². The van der Waals surface area contributed by atoms with Gasteiger partial charge in [0.25, 0.3) is 0 Å². The maximum absolute atomic E-state index is 11.1. The van der Waals surface area contributed by atoms with E-state index in [-0.39, 0.29) is 5.69 Å². The van der Waals surface area contributed by atoms with Crippen LogP contribution in [0.3, 0.4) is 0 Å². The Hall–Kier alpha value is -1.69. The van der Waals surface area contributed by atoms with E-state index < -0.39 is 5.97 Å². The van der Waals surface area contributed by atoms with Gasteiger partial charge in [0.1, 0.15) is 0 Å². The second-order valence-corrected chi connectivity index (χ2v) is 4.74. The molecule has 1 fully saturated rings. The maximum Gasteiger partial charge on any atom is 0.358 e. The SMILES string of the molecule is CN(C)C1CCCN(c2nccnc2C(=O)O)C1. The van der Waals surface area contributed by atoms with Crippen LogP contribution >= 0.6 is 0 Å². The van der Waals surface area contributed by atoms with Crippen molar-refractivity contribution < 1.29 is 9.90 Å². The minimum Gasteiger partial charge on any atom is -0.476 e. The van der Waals surface area contributed by atoms with Gasteiger partial charge in [-0.05, 0) is 26.9 Å². The quantitative estimate of drug-likeness (QED) is 0.852. The van der Waals surface area contributed by atoms with Crippen molar-refractivity contribution >= 4 is 11.8 Å². The molecule has 0 aromatic carbocycles. The lowest BCUT2D eigenvalue weighted by Gasteiger charge is -2.36. The molecule has 0 radical (unpaired) electrons. The number of rotatable bonds is 3. The third-order valence-corrected chi connectivity index (χ3v) is 3.31. The van der Waals surface area contributed by atoms with Crippen molar-refractivity contribution in [1.82, 2.24) is 14.9 Å². The smallest absolute Gasteiger partial charge is 0.358 e. The lowest BCUT2D eigenvalue weighted by Crippen LogP contribution is -2.46. The molecule has 0 bridgehead atoms. The summed E-state index contributed by atoms with van der Waals surface area (Å²) in [7, 11) is 4.09. The molecule has 1 atom stereocenters. The summed E-state index contributed by atoms with van der Waals surface area (Å²) >= 11 is 0. The van der Waals surface area contributed by atoms with Crippen molar-refractivity contribution in [2.24, 2.45) is 0 Å². The van der Waals surface area contributed by atoms with E-state index in [9.17, 15) is 4.79 Å². The van der Waals surface area contributed by atoms with Gasteiger partial charge < -0.3 is 14.9 Å². The fourth-order valence-corrected chi connectivity index (χ4v) is 2.28. The fraction of sp³-hybridized carbons (Fsp3) is 0.583. The van der Waals surface area contributed by atoms with Gasteiger partial charge >= 0.3 is 5.97 Å². The number of likely N-dealkylation sites (N-methyl/N-ethyl adjacent to an activating group) is 1. The van der Waals surface area contributed by atoms with E-state index in [0.29, 0.717) is 11.9 Å². The molecule has 6 heteroatoms. The molecule has 1 unspecified atom stereocenters. The molecule has 1 saturated heterocycles. The zero-order valence-corrected chi connectivity index (χ0v) is 10.7. The van der Waals surface area contributed by atoms with Gasteiger partial charge in [-0.15, -0.1) is 0 Å². The number of piperidine rings is 1. The van der Waals surface area contributed by atoms with E-state index in [1.54, 1.807) is 6.20 Å². The normalized spacial score (nSPS) is 20.2. The Morgan fingerprint density at radius 3 is 2.83 bits per heavy atom.